The Balaban J connectivity index is 0.000000200. The van der Waals surface area contributed by atoms with E-state index in [0.29, 0.717) is 23.7 Å². The number of aromatic nitrogens is 1. The topological polar surface area (TPSA) is 22.1 Å². The van der Waals surface area contributed by atoms with E-state index in [9.17, 15) is 13.2 Å². The molecule has 1 aliphatic carbocycles. The molecule has 2 rings (SSSR count). The molecule has 1 aromatic rings. The zero-order chi connectivity index (χ0) is 15.2. The van der Waals surface area contributed by atoms with E-state index in [-0.39, 0.29) is 0 Å². The van der Waals surface area contributed by atoms with E-state index >= 15 is 0 Å². The number of methoxy groups -OCH3 is 1. The van der Waals surface area contributed by atoms with Crippen molar-refractivity contribution in [2.75, 3.05) is 7.11 Å². The summed E-state index contributed by atoms with van der Waals surface area (Å²) >= 11 is 8.83. The molecule has 0 saturated heterocycles. The molecular weight excluding hydrogens is 359 g/mol. The van der Waals surface area contributed by atoms with Crippen LogP contribution in [0.2, 0.25) is 5.15 Å². The van der Waals surface area contributed by atoms with Crippen LogP contribution in [-0.2, 0) is 0 Å². The first kappa shape index (κ1) is 17.6. The van der Waals surface area contributed by atoms with E-state index in [1.54, 1.807) is 19.4 Å². The number of hydrogen-bond acceptors (Lipinski definition) is 2. The maximum absolute atomic E-state index is 11.9. The second kappa shape index (κ2) is 8.08. The van der Waals surface area contributed by atoms with Gasteiger partial charge < -0.3 is 4.74 Å². The lowest BCUT2D eigenvalue weighted by molar-refractivity contribution is -0.181. The highest BCUT2D eigenvalue weighted by Gasteiger charge is 2.39. The van der Waals surface area contributed by atoms with Crippen LogP contribution in [0.15, 0.2) is 16.7 Å². The summed E-state index contributed by atoms with van der Waals surface area (Å²) in [5, 5.41) is 0.431. The van der Waals surface area contributed by atoms with Crippen LogP contribution in [0.4, 0.5) is 13.2 Å². The Kier molecular flexibility index (Phi) is 7.09. The highest BCUT2D eigenvalue weighted by atomic mass is 79.9. The third kappa shape index (κ3) is 5.87. The van der Waals surface area contributed by atoms with Gasteiger partial charge in [0.05, 0.1) is 17.5 Å². The molecule has 1 aromatic heterocycles. The molecule has 0 aliphatic heterocycles. The summed E-state index contributed by atoms with van der Waals surface area (Å²) in [4.78, 5) is 3.83. The third-order valence-electron chi connectivity index (χ3n) is 3.07. The molecule has 0 radical (unpaired) electrons. The van der Waals surface area contributed by atoms with E-state index < -0.39 is 12.1 Å². The van der Waals surface area contributed by atoms with E-state index in [0.717, 1.165) is 23.7 Å². The Labute approximate surface area is 129 Å². The molecule has 0 aromatic carbocycles. The van der Waals surface area contributed by atoms with Gasteiger partial charge in [-0.3, -0.25) is 0 Å². The zero-order valence-electron chi connectivity index (χ0n) is 11.0. The highest BCUT2D eigenvalue weighted by Crippen LogP contribution is 2.37. The summed E-state index contributed by atoms with van der Waals surface area (Å²) in [7, 11) is 1.58. The number of rotatable bonds is 1. The molecule has 0 bridgehead atoms. The van der Waals surface area contributed by atoms with E-state index in [1.807, 2.05) is 0 Å². The fourth-order valence-electron chi connectivity index (χ4n) is 1.98. The lowest BCUT2D eigenvalue weighted by atomic mass is 9.89. The van der Waals surface area contributed by atoms with Crippen LogP contribution >= 0.6 is 27.5 Å². The summed E-state index contributed by atoms with van der Waals surface area (Å²) < 4.78 is 41.6. The van der Waals surface area contributed by atoms with Gasteiger partial charge in [-0.05, 0) is 28.8 Å². The normalized spacial score (nSPS) is 16.3. The van der Waals surface area contributed by atoms with Crippen molar-refractivity contribution in [3.8, 4) is 5.75 Å². The summed E-state index contributed by atoms with van der Waals surface area (Å²) in [6.45, 7) is 0. The third-order valence-corrected chi connectivity index (χ3v) is 3.88. The van der Waals surface area contributed by atoms with Crippen LogP contribution < -0.4 is 4.74 Å². The smallest absolute Gasteiger partial charge is 0.391 e. The summed E-state index contributed by atoms with van der Waals surface area (Å²) in [6.07, 6.45) is 0.857. The van der Waals surface area contributed by atoms with E-state index in [1.165, 1.54) is 0 Å². The average molecular weight is 375 g/mol. The monoisotopic (exact) mass is 373 g/mol. The Hall–Kier alpha value is -0.490. The molecule has 0 atom stereocenters. The Morgan fingerprint density at radius 1 is 1.30 bits per heavy atom. The zero-order valence-corrected chi connectivity index (χ0v) is 13.4. The molecule has 1 heterocycles. The molecule has 1 saturated carbocycles. The van der Waals surface area contributed by atoms with E-state index in [2.05, 4.69) is 20.9 Å². The number of halogens is 5. The second-order valence-corrected chi connectivity index (χ2v) is 5.76. The average Bonchev–Trinajstić information content (AvgIpc) is 2.42. The number of pyridine rings is 1. The fourth-order valence-corrected chi connectivity index (χ4v) is 2.51. The predicted octanol–water partition coefficient (Wildman–Crippen LogP) is 5.64. The number of nitrogens with zero attached hydrogens (tertiary/aromatic N) is 1. The van der Waals surface area contributed by atoms with Crippen LogP contribution in [0.3, 0.4) is 0 Å². The van der Waals surface area contributed by atoms with Gasteiger partial charge in [0.2, 0.25) is 0 Å². The molecule has 0 unspecified atom stereocenters. The van der Waals surface area contributed by atoms with Crippen LogP contribution in [-0.4, -0.2) is 18.3 Å². The molecule has 7 heteroatoms. The molecule has 20 heavy (non-hydrogen) atoms. The van der Waals surface area contributed by atoms with Crippen molar-refractivity contribution in [3.05, 3.63) is 21.9 Å². The van der Waals surface area contributed by atoms with Gasteiger partial charge in [-0.25, -0.2) is 4.98 Å². The van der Waals surface area contributed by atoms with Crippen molar-refractivity contribution >= 4 is 27.5 Å². The van der Waals surface area contributed by atoms with Crippen LogP contribution in [0.5, 0.6) is 5.75 Å². The van der Waals surface area contributed by atoms with Gasteiger partial charge in [0.25, 0.3) is 0 Å². The van der Waals surface area contributed by atoms with Gasteiger partial charge in [0.1, 0.15) is 10.9 Å². The first-order chi connectivity index (χ1) is 9.34. The van der Waals surface area contributed by atoms with Crippen molar-refractivity contribution in [2.45, 2.75) is 38.3 Å². The first-order valence-electron chi connectivity index (χ1n) is 6.26. The van der Waals surface area contributed by atoms with E-state index in [4.69, 9.17) is 16.3 Å². The minimum atomic E-state index is -3.93. The largest absolute Gasteiger partial charge is 0.495 e. The molecular formula is C13H16BrClF3NO. The number of alkyl halides is 3. The van der Waals surface area contributed by atoms with Crippen molar-refractivity contribution in [1.82, 2.24) is 4.98 Å². The van der Waals surface area contributed by atoms with Crippen LogP contribution in [0.25, 0.3) is 0 Å². The fraction of sp³-hybridized carbons (Fsp3) is 0.615. The van der Waals surface area contributed by atoms with Gasteiger partial charge in [0.15, 0.2) is 0 Å². The van der Waals surface area contributed by atoms with Crippen molar-refractivity contribution < 1.29 is 17.9 Å². The lowest BCUT2D eigenvalue weighted by Crippen LogP contribution is -2.24. The number of hydrogen-bond donors (Lipinski definition) is 0. The molecule has 0 N–H and O–H groups in total. The number of ether oxygens (including phenoxy) is 1. The van der Waals surface area contributed by atoms with Gasteiger partial charge in [-0.1, -0.05) is 30.9 Å². The summed E-state index contributed by atoms with van der Waals surface area (Å²) in [5.74, 6) is -0.304. The maximum Gasteiger partial charge on any atom is 0.391 e. The van der Waals surface area contributed by atoms with Crippen molar-refractivity contribution in [1.29, 1.82) is 0 Å². The molecule has 1 aliphatic rings. The Morgan fingerprint density at radius 3 is 2.30 bits per heavy atom. The summed E-state index contributed by atoms with van der Waals surface area (Å²) in [6, 6.07) is 1.64. The van der Waals surface area contributed by atoms with Gasteiger partial charge in [-0.2, -0.15) is 13.2 Å². The van der Waals surface area contributed by atoms with Crippen LogP contribution in [0, 0.1) is 5.92 Å². The molecule has 1 fully saturated rings. The summed E-state index contributed by atoms with van der Waals surface area (Å²) in [5.41, 5.74) is 0. The Bertz CT molecular complexity index is 423. The van der Waals surface area contributed by atoms with Gasteiger partial charge >= 0.3 is 6.18 Å². The standard InChI is InChI=1S/C7H11F3.C6H5BrClNO/c8-7(9,10)6-4-2-1-3-5-6;1-10-5-2-6(8)9-3-4(5)7/h6H,1-5H2;2-3H,1H3. The van der Waals surface area contributed by atoms with Gasteiger partial charge in [0, 0.05) is 12.3 Å². The minimum Gasteiger partial charge on any atom is -0.495 e. The Morgan fingerprint density at radius 2 is 1.90 bits per heavy atom. The van der Waals surface area contributed by atoms with Gasteiger partial charge in [-0.15, -0.1) is 0 Å². The molecule has 114 valence electrons. The van der Waals surface area contributed by atoms with Crippen molar-refractivity contribution in [2.24, 2.45) is 5.92 Å². The minimum absolute atomic E-state index is 0.351. The second-order valence-electron chi connectivity index (χ2n) is 4.52. The maximum atomic E-state index is 11.9. The molecule has 0 amide bonds. The predicted molar refractivity (Wildman–Crippen MR) is 76.1 cm³/mol. The van der Waals surface area contributed by atoms with Crippen molar-refractivity contribution in [3.63, 3.8) is 0 Å². The molecule has 0 spiro atoms. The highest BCUT2D eigenvalue weighted by molar-refractivity contribution is 9.10. The quantitative estimate of drug-likeness (QED) is 0.594. The SMILES string of the molecule is COc1cc(Cl)ncc1Br.FC(F)(F)C1CCCCC1. The van der Waals surface area contributed by atoms with Crippen LogP contribution in [0.1, 0.15) is 32.1 Å². The lowest BCUT2D eigenvalue weighted by Gasteiger charge is -2.23. The molecule has 2 nitrogen and oxygen atoms in total. The first-order valence-corrected chi connectivity index (χ1v) is 7.43.